The first-order valence-electron chi connectivity index (χ1n) is 7.34. The number of H-pyrrole nitrogens is 1. The molecule has 1 aliphatic rings. The lowest BCUT2D eigenvalue weighted by Gasteiger charge is -2.22. The summed E-state index contributed by atoms with van der Waals surface area (Å²) >= 11 is 0. The molecule has 23 heavy (non-hydrogen) atoms. The van der Waals surface area contributed by atoms with E-state index in [1.165, 1.54) is 10.9 Å². The number of carbonyl (C=O) groups is 1. The van der Waals surface area contributed by atoms with Crippen molar-refractivity contribution in [3.05, 3.63) is 35.5 Å². The molecule has 0 saturated carbocycles. The number of ketones is 1. The molecule has 2 aromatic rings. The Hall–Kier alpha value is -1.74. The van der Waals surface area contributed by atoms with Gasteiger partial charge in [-0.15, -0.1) is 0 Å². The zero-order chi connectivity index (χ0) is 17.0. The third kappa shape index (κ3) is 4.87. The van der Waals surface area contributed by atoms with Crippen LogP contribution in [0.2, 0.25) is 0 Å². The molecule has 126 valence electrons. The predicted octanol–water partition coefficient (Wildman–Crippen LogP) is 2.31. The second-order valence-electron chi connectivity index (χ2n) is 5.37. The van der Waals surface area contributed by atoms with E-state index in [4.69, 9.17) is 17.5 Å². The van der Waals surface area contributed by atoms with Gasteiger partial charge in [-0.25, -0.2) is 0 Å². The molecule has 1 aromatic carbocycles. The monoisotopic (exact) mass is 340 g/mol. The lowest BCUT2D eigenvalue weighted by atomic mass is 10.0. The number of carbonyl (C=O) groups excluding carboxylic acids is 1. The minimum atomic E-state index is -4.67. The van der Waals surface area contributed by atoms with E-state index in [0.717, 1.165) is 37.3 Å². The van der Waals surface area contributed by atoms with Crippen LogP contribution in [0.5, 0.6) is 0 Å². The van der Waals surface area contributed by atoms with Crippen LogP contribution < -0.4 is 0 Å². The zero-order valence-electron chi connectivity index (χ0n) is 12.8. The molecule has 0 amide bonds. The average molecular weight is 340 g/mol. The molecule has 0 atom stereocenters. The van der Waals surface area contributed by atoms with Gasteiger partial charge >= 0.3 is 10.4 Å². The van der Waals surface area contributed by atoms with E-state index in [1.54, 1.807) is 0 Å². The van der Waals surface area contributed by atoms with Crippen LogP contribution in [0.1, 0.15) is 35.8 Å². The Bertz CT molecular complexity index is 789. The third-order valence-electron chi connectivity index (χ3n) is 3.80. The van der Waals surface area contributed by atoms with Crippen LogP contribution in [0.3, 0.4) is 0 Å². The van der Waals surface area contributed by atoms with Crippen LogP contribution in [0.15, 0.2) is 24.3 Å². The fraction of sp³-hybridized carbons (Fsp3) is 0.400. The largest absolute Gasteiger partial charge is 0.394 e. The Morgan fingerprint density at radius 2 is 1.91 bits per heavy atom. The average Bonchev–Trinajstić information content (AvgIpc) is 2.81. The molecule has 1 aromatic heterocycles. The first-order chi connectivity index (χ1) is 10.8. The quantitative estimate of drug-likeness (QED) is 0.687. The SMILES string of the molecule is CCN1CCCC(=O)c2[nH]c3ccccc3c2C1.O=S(=O)(O)O. The number of aromatic nitrogens is 1. The van der Waals surface area contributed by atoms with Crippen LogP contribution >= 0.6 is 0 Å². The number of para-hydroxylation sites is 1. The van der Waals surface area contributed by atoms with Crippen LogP contribution in [0, 0.1) is 0 Å². The standard InChI is InChI=1S/C15H18N2O.H2O4S/c1-2-17-9-5-8-14(18)15-12(10-17)11-6-3-4-7-13(11)16-15;1-5(2,3)4/h3-4,6-7,16H,2,5,8-10H2,1H3;(H2,1,2,3,4). The number of hydrogen-bond donors (Lipinski definition) is 3. The Morgan fingerprint density at radius 1 is 1.26 bits per heavy atom. The van der Waals surface area contributed by atoms with Gasteiger partial charge in [-0.1, -0.05) is 25.1 Å². The molecular weight excluding hydrogens is 320 g/mol. The van der Waals surface area contributed by atoms with E-state index in [9.17, 15) is 4.79 Å². The van der Waals surface area contributed by atoms with Crippen LogP contribution in [-0.2, 0) is 16.9 Å². The minimum absolute atomic E-state index is 0.261. The van der Waals surface area contributed by atoms with E-state index in [-0.39, 0.29) is 5.78 Å². The Morgan fingerprint density at radius 3 is 2.57 bits per heavy atom. The maximum Gasteiger partial charge on any atom is 0.394 e. The van der Waals surface area contributed by atoms with Gasteiger partial charge in [0.05, 0.1) is 5.69 Å². The first-order valence-corrected chi connectivity index (χ1v) is 8.74. The van der Waals surface area contributed by atoms with Crippen molar-refractivity contribution < 1.29 is 22.3 Å². The first kappa shape index (κ1) is 17.6. The molecule has 0 radical (unpaired) electrons. The van der Waals surface area contributed by atoms with Gasteiger partial charge in [-0.3, -0.25) is 18.8 Å². The van der Waals surface area contributed by atoms with Gasteiger partial charge in [-0.2, -0.15) is 8.42 Å². The molecule has 3 rings (SSSR count). The summed E-state index contributed by atoms with van der Waals surface area (Å²) in [6, 6.07) is 8.20. The molecule has 0 fully saturated rings. The number of Topliss-reactive ketones (excluding diaryl/α,β-unsaturated/α-hetero) is 1. The fourth-order valence-electron chi connectivity index (χ4n) is 2.76. The molecule has 0 spiro atoms. The number of benzene rings is 1. The summed E-state index contributed by atoms with van der Waals surface area (Å²) in [7, 11) is -4.67. The molecule has 1 aliphatic heterocycles. The Labute approximate surface area is 134 Å². The molecule has 8 heteroatoms. The number of rotatable bonds is 1. The van der Waals surface area contributed by atoms with Crippen molar-refractivity contribution in [3.8, 4) is 0 Å². The van der Waals surface area contributed by atoms with E-state index in [1.807, 2.05) is 18.2 Å². The van der Waals surface area contributed by atoms with E-state index in [2.05, 4.69) is 22.9 Å². The number of nitrogens with zero attached hydrogens (tertiary/aromatic N) is 1. The zero-order valence-corrected chi connectivity index (χ0v) is 13.6. The second-order valence-corrected chi connectivity index (χ2v) is 6.26. The van der Waals surface area contributed by atoms with Gasteiger partial charge in [0.1, 0.15) is 0 Å². The predicted molar refractivity (Wildman–Crippen MR) is 87.0 cm³/mol. The van der Waals surface area contributed by atoms with Crippen molar-refractivity contribution in [1.82, 2.24) is 9.88 Å². The van der Waals surface area contributed by atoms with Crippen LogP contribution in [0.25, 0.3) is 10.9 Å². The lowest BCUT2D eigenvalue weighted by molar-refractivity contribution is 0.0961. The van der Waals surface area contributed by atoms with E-state index < -0.39 is 10.4 Å². The van der Waals surface area contributed by atoms with Gasteiger partial charge in [0.2, 0.25) is 0 Å². The molecular formula is C15H20N2O5S. The highest BCUT2D eigenvalue weighted by atomic mass is 32.3. The van der Waals surface area contributed by atoms with Crippen LogP contribution in [-0.4, -0.2) is 46.3 Å². The molecule has 0 saturated heterocycles. The van der Waals surface area contributed by atoms with Crippen molar-refractivity contribution in [1.29, 1.82) is 0 Å². The van der Waals surface area contributed by atoms with Crippen molar-refractivity contribution >= 4 is 27.1 Å². The van der Waals surface area contributed by atoms with Crippen LogP contribution in [0.4, 0.5) is 0 Å². The maximum atomic E-state index is 12.2. The Balaban J connectivity index is 0.000000338. The number of nitrogens with one attached hydrogen (secondary N) is 1. The summed E-state index contributed by atoms with van der Waals surface area (Å²) < 4.78 is 31.6. The summed E-state index contributed by atoms with van der Waals surface area (Å²) in [6.45, 7) is 5.11. The topological polar surface area (TPSA) is 111 Å². The van der Waals surface area contributed by atoms with Gasteiger partial charge in [0.15, 0.2) is 5.78 Å². The summed E-state index contributed by atoms with van der Waals surface area (Å²) in [4.78, 5) is 17.9. The van der Waals surface area contributed by atoms with Gasteiger partial charge < -0.3 is 4.98 Å². The van der Waals surface area contributed by atoms with Crippen molar-refractivity contribution in [2.75, 3.05) is 13.1 Å². The lowest BCUT2D eigenvalue weighted by Crippen LogP contribution is -2.27. The summed E-state index contributed by atoms with van der Waals surface area (Å²) in [5, 5.41) is 1.20. The number of fused-ring (bicyclic) bond motifs is 3. The fourth-order valence-corrected chi connectivity index (χ4v) is 2.76. The van der Waals surface area contributed by atoms with Crippen molar-refractivity contribution in [2.24, 2.45) is 0 Å². The summed E-state index contributed by atoms with van der Waals surface area (Å²) in [6.07, 6.45) is 1.61. The molecule has 3 N–H and O–H groups in total. The summed E-state index contributed by atoms with van der Waals surface area (Å²) in [5.74, 6) is 0.261. The summed E-state index contributed by atoms with van der Waals surface area (Å²) in [5.41, 5.74) is 3.08. The Kier molecular flexibility index (Phi) is 5.53. The molecule has 7 nitrogen and oxygen atoms in total. The minimum Gasteiger partial charge on any atom is -0.352 e. The highest BCUT2D eigenvalue weighted by Crippen LogP contribution is 2.26. The normalized spacial score (nSPS) is 16.2. The third-order valence-corrected chi connectivity index (χ3v) is 3.80. The number of hydrogen-bond acceptors (Lipinski definition) is 4. The molecule has 0 unspecified atom stereocenters. The second kappa shape index (κ2) is 7.22. The highest BCUT2D eigenvalue weighted by Gasteiger charge is 2.21. The van der Waals surface area contributed by atoms with Gasteiger partial charge in [0.25, 0.3) is 0 Å². The van der Waals surface area contributed by atoms with Crippen molar-refractivity contribution in [2.45, 2.75) is 26.3 Å². The highest BCUT2D eigenvalue weighted by molar-refractivity contribution is 7.79. The van der Waals surface area contributed by atoms with E-state index in [0.29, 0.717) is 6.42 Å². The molecule has 0 aliphatic carbocycles. The van der Waals surface area contributed by atoms with Crippen molar-refractivity contribution in [3.63, 3.8) is 0 Å². The molecule has 0 bridgehead atoms. The van der Waals surface area contributed by atoms with Gasteiger partial charge in [-0.05, 0) is 25.6 Å². The van der Waals surface area contributed by atoms with Gasteiger partial charge in [0, 0.05) is 29.4 Å². The smallest absolute Gasteiger partial charge is 0.352 e. The maximum absolute atomic E-state index is 12.2. The molecule has 2 heterocycles. The van der Waals surface area contributed by atoms with E-state index >= 15 is 0 Å². The number of aromatic amines is 1.